The first kappa shape index (κ1) is 20.4. The van der Waals surface area contributed by atoms with Crippen LogP contribution < -0.4 is 0 Å². The lowest BCUT2D eigenvalue weighted by Crippen LogP contribution is -2.42. The smallest absolute Gasteiger partial charge is 0.401 e. The quantitative estimate of drug-likeness (QED) is 0.685. The summed E-state index contributed by atoms with van der Waals surface area (Å²) in [5.74, 6) is -0.387. The van der Waals surface area contributed by atoms with Gasteiger partial charge < -0.3 is 9.32 Å². The van der Waals surface area contributed by atoms with Crippen LogP contribution in [0.1, 0.15) is 0 Å². The Bertz CT molecular complexity index is 835. The molecule has 2 aromatic rings. The molecule has 0 saturated carbocycles. The number of nitrogens with zero attached hydrogens (tertiary/aromatic N) is 4. The fraction of sp³-hybridized carbons (Fsp3) is 0.400. The van der Waals surface area contributed by atoms with Crippen molar-refractivity contribution >= 4 is 29.7 Å². The van der Waals surface area contributed by atoms with E-state index >= 15 is 0 Å². The Hall–Kier alpha value is -1.91. The standard InChI is InChI=1S/C15H16ClF3N4O2S/c1-21(2)12(24)7-22(8-15(17,18)19)9-23-14(26)25-13(20-23)10-5-3-4-6-11(10)16/h3-6H,7-9H2,1-2H3. The van der Waals surface area contributed by atoms with Gasteiger partial charge in [-0.15, -0.1) is 5.10 Å². The van der Waals surface area contributed by atoms with Crippen molar-refractivity contribution in [2.24, 2.45) is 0 Å². The van der Waals surface area contributed by atoms with Crippen molar-refractivity contribution in [3.63, 3.8) is 0 Å². The molecule has 1 heterocycles. The highest BCUT2D eigenvalue weighted by Crippen LogP contribution is 2.26. The Morgan fingerprint density at radius 1 is 1.35 bits per heavy atom. The maximum Gasteiger partial charge on any atom is 0.401 e. The van der Waals surface area contributed by atoms with Gasteiger partial charge in [0.25, 0.3) is 4.84 Å². The van der Waals surface area contributed by atoms with E-state index < -0.39 is 25.2 Å². The molecule has 6 nitrogen and oxygen atoms in total. The molecular formula is C15H16ClF3N4O2S. The summed E-state index contributed by atoms with van der Waals surface area (Å²) in [5, 5.41) is 4.46. The van der Waals surface area contributed by atoms with Crippen molar-refractivity contribution in [3.05, 3.63) is 34.1 Å². The fourth-order valence-electron chi connectivity index (χ4n) is 2.07. The van der Waals surface area contributed by atoms with E-state index in [2.05, 4.69) is 5.10 Å². The molecule has 0 unspecified atom stereocenters. The summed E-state index contributed by atoms with van der Waals surface area (Å²) in [6.45, 7) is -2.09. The molecule has 0 N–H and O–H groups in total. The van der Waals surface area contributed by atoms with Gasteiger partial charge in [0.1, 0.15) is 0 Å². The molecule has 0 aliphatic rings. The highest BCUT2D eigenvalue weighted by molar-refractivity contribution is 7.71. The minimum atomic E-state index is -4.48. The van der Waals surface area contributed by atoms with Crippen molar-refractivity contribution in [2.75, 3.05) is 27.2 Å². The largest absolute Gasteiger partial charge is 0.409 e. The normalized spacial score (nSPS) is 11.8. The lowest BCUT2D eigenvalue weighted by Gasteiger charge is -2.23. The lowest BCUT2D eigenvalue weighted by atomic mass is 10.2. The van der Waals surface area contributed by atoms with Crippen molar-refractivity contribution in [2.45, 2.75) is 12.8 Å². The van der Waals surface area contributed by atoms with E-state index in [9.17, 15) is 18.0 Å². The molecule has 1 amide bonds. The SMILES string of the molecule is CN(C)C(=O)CN(Cn1nc(-c2ccccc2Cl)oc1=S)CC(F)(F)F. The summed E-state index contributed by atoms with van der Waals surface area (Å²) in [6, 6.07) is 6.70. The first-order chi connectivity index (χ1) is 12.1. The Kier molecular flexibility index (Phi) is 6.43. The number of hydrogen-bond donors (Lipinski definition) is 0. The predicted octanol–water partition coefficient (Wildman–Crippen LogP) is 3.44. The van der Waals surface area contributed by atoms with E-state index in [4.69, 9.17) is 28.2 Å². The van der Waals surface area contributed by atoms with Gasteiger partial charge in [-0.2, -0.15) is 13.2 Å². The summed E-state index contributed by atoms with van der Waals surface area (Å²) >= 11 is 11.1. The van der Waals surface area contributed by atoms with E-state index in [1.807, 2.05) is 0 Å². The van der Waals surface area contributed by atoms with Crippen LogP contribution in [0.4, 0.5) is 13.2 Å². The highest BCUT2D eigenvalue weighted by Gasteiger charge is 2.32. The van der Waals surface area contributed by atoms with Crippen LogP contribution in [0.25, 0.3) is 11.5 Å². The van der Waals surface area contributed by atoms with Crippen LogP contribution in [0.15, 0.2) is 28.7 Å². The summed E-state index contributed by atoms with van der Waals surface area (Å²) in [6.07, 6.45) is -4.48. The molecule has 0 saturated heterocycles. The first-order valence-electron chi connectivity index (χ1n) is 7.39. The monoisotopic (exact) mass is 408 g/mol. The van der Waals surface area contributed by atoms with Gasteiger partial charge in [-0.3, -0.25) is 9.69 Å². The molecule has 0 radical (unpaired) electrons. The van der Waals surface area contributed by atoms with E-state index in [0.29, 0.717) is 10.6 Å². The molecule has 0 spiro atoms. The molecule has 0 aliphatic heterocycles. The number of halogens is 4. The number of benzene rings is 1. The van der Waals surface area contributed by atoms with Crippen LogP contribution in [-0.2, 0) is 11.5 Å². The zero-order valence-electron chi connectivity index (χ0n) is 14.0. The van der Waals surface area contributed by atoms with Gasteiger partial charge >= 0.3 is 6.18 Å². The molecule has 26 heavy (non-hydrogen) atoms. The lowest BCUT2D eigenvalue weighted by molar-refractivity contribution is -0.154. The second-order valence-corrected chi connectivity index (χ2v) is 6.44. The van der Waals surface area contributed by atoms with Crippen LogP contribution in [0, 0.1) is 4.84 Å². The molecule has 11 heteroatoms. The molecule has 0 fully saturated rings. The van der Waals surface area contributed by atoms with Gasteiger partial charge in [-0.1, -0.05) is 23.7 Å². The van der Waals surface area contributed by atoms with E-state index in [1.165, 1.54) is 19.0 Å². The van der Waals surface area contributed by atoms with Crippen LogP contribution >= 0.6 is 23.8 Å². The van der Waals surface area contributed by atoms with Gasteiger partial charge in [0.2, 0.25) is 11.8 Å². The second-order valence-electron chi connectivity index (χ2n) is 5.68. The molecule has 1 aromatic heterocycles. The van der Waals surface area contributed by atoms with Crippen molar-refractivity contribution in [1.29, 1.82) is 0 Å². The summed E-state index contributed by atoms with van der Waals surface area (Å²) < 4.78 is 44.9. The molecule has 1 aromatic carbocycles. The van der Waals surface area contributed by atoms with Gasteiger partial charge in [-0.05, 0) is 24.4 Å². The minimum absolute atomic E-state index is 0.0893. The number of carbonyl (C=O) groups excluding carboxylic acids is 1. The molecule has 0 atom stereocenters. The third-order valence-electron chi connectivity index (χ3n) is 3.31. The third-order valence-corrected chi connectivity index (χ3v) is 3.93. The predicted molar refractivity (Wildman–Crippen MR) is 92.1 cm³/mol. The average molecular weight is 409 g/mol. The molecular weight excluding hydrogens is 393 g/mol. The molecule has 2 rings (SSSR count). The minimum Gasteiger partial charge on any atom is -0.409 e. The maximum atomic E-state index is 12.8. The average Bonchev–Trinajstić information content (AvgIpc) is 2.86. The fourth-order valence-corrected chi connectivity index (χ4v) is 2.46. The zero-order chi connectivity index (χ0) is 19.5. The Balaban J connectivity index is 2.26. The summed E-state index contributed by atoms with van der Waals surface area (Å²) in [5.41, 5.74) is 0.464. The number of rotatable bonds is 6. The van der Waals surface area contributed by atoms with E-state index in [0.717, 1.165) is 9.58 Å². The number of hydrogen-bond acceptors (Lipinski definition) is 5. The Morgan fingerprint density at radius 2 is 2.00 bits per heavy atom. The highest BCUT2D eigenvalue weighted by atomic mass is 35.5. The Morgan fingerprint density at radius 3 is 2.58 bits per heavy atom. The van der Waals surface area contributed by atoms with Crippen LogP contribution in [0.5, 0.6) is 0 Å². The second kappa shape index (κ2) is 8.19. The van der Waals surface area contributed by atoms with Crippen molar-refractivity contribution in [3.8, 4) is 11.5 Å². The number of likely N-dealkylation sites (N-methyl/N-ethyl adjacent to an activating group) is 1. The first-order valence-corrected chi connectivity index (χ1v) is 8.17. The van der Waals surface area contributed by atoms with Crippen LogP contribution in [0.3, 0.4) is 0 Å². The van der Waals surface area contributed by atoms with Crippen molar-refractivity contribution < 1.29 is 22.4 Å². The van der Waals surface area contributed by atoms with Gasteiger partial charge in [-0.25, -0.2) is 4.68 Å². The summed E-state index contributed by atoms with van der Waals surface area (Å²) in [4.78, 5) is 13.8. The molecule has 0 bridgehead atoms. The van der Waals surface area contributed by atoms with Crippen molar-refractivity contribution in [1.82, 2.24) is 19.6 Å². The zero-order valence-corrected chi connectivity index (χ0v) is 15.5. The number of alkyl halides is 3. The van der Waals surface area contributed by atoms with E-state index in [-0.39, 0.29) is 17.4 Å². The maximum absolute atomic E-state index is 12.8. The summed E-state index contributed by atoms with van der Waals surface area (Å²) in [7, 11) is 2.93. The van der Waals surface area contributed by atoms with Crippen LogP contribution in [-0.4, -0.2) is 58.8 Å². The van der Waals surface area contributed by atoms with Crippen LogP contribution in [0.2, 0.25) is 5.02 Å². The number of carbonyl (C=O) groups is 1. The van der Waals surface area contributed by atoms with Gasteiger partial charge in [0.05, 0.1) is 30.3 Å². The Labute approximate surface area is 157 Å². The third kappa shape index (κ3) is 5.55. The number of aromatic nitrogens is 2. The van der Waals surface area contributed by atoms with Gasteiger partial charge in [0, 0.05) is 14.1 Å². The van der Waals surface area contributed by atoms with Gasteiger partial charge in [0.15, 0.2) is 0 Å². The molecule has 142 valence electrons. The number of amides is 1. The molecule has 0 aliphatic carbocycles. The van der Waals surface area contributed by atoms with E-state index in [1.54, 1.807) is 24.3 Å². The topological polar surface area (TPSA) is 54.5 Å².